The first-order chi connectivity index (χ1) is 9.72. The third-order valence-electron chi connectivity index (χ3n) is 4.17. The summed E-state index contributed by atoms with van der Waals surface area (Å²) < 4.78 is 5.36. The van der Waals surface area contributed by atoms with E-state index in [0.717, 1.165) is 35.5 Å². The molecule has 112 valence electrons. The van der Waals surface area contributed by atoms with Crippen molar-refractivity contribution in [3.05, 3.63) is 28.8 Å². The van der Waals surface area contributed by atoms with Crippen molar-refractivity contribution in [2.75, 3.05) is 27.2 Å². The molecular weight excluding hydrogens is 272 g/mol. The van der Waals surface area contributed by atoms with Gasteiger partial charge in [0.1, 0.15) is 5.75 Å². The first kappa shape index (κ1) is 15.6. The number of methoxy groups -OCH3 is 1. The average Bonchev–Trinajstić information content (AvgIpc) is 2.46. The monoisotopic (exact) mass is 296 g/mol. The Hall–Kier alpha value is -0.770. The van der Waals surface area contributed by atoms with Gasteiger partial charge in [0.05, 0.1) is 7.11 Å². The van der Waals surface area contributed by atoms with Crippen molar-refractivity contribution in [3.63, 3.8) is 0 Å². The minimum atomic E-state index is 0.726. The summed E-state index contributed by atoms with van der Waals surface area (Å²) in [6.07, 6.45) is 5.24. The molecule has 1 saturated heterocycles. The molecule has 1 unspecified atom stereocenters. The van der Waals surface area contributed by atoms with Gasteiger partial charge in [0, 0.05) is 23.2 Å². The molecule has 0 saturated carbocycles. The Morgan fingerprint density at radius 2 is 2.25 bits per heavy atom. The molecule has 1 atom stereocenters. The highest BCUT2D eigenvalue weighted by atomic mass is 35.5. The fourth-order valence-electron chi connectivity index (χ4n) is 2.89. The second-order valence-electron chi connectivity index (χ2n) is 5.52. The third kappa shape index (κ3) is 4.11. The van der Waals surface area contributed by atoms with Gasteiger partial charge in [-0.25, -0.2) is 0 Å². The van der Waals surface area contributed by atoms with E-state index in [2.05, 4.69) is 17.3 Å². The van der Waals surface area contributed by atoms with Crippen LogP contribution in [0.2, 0.25) is 5.02 Å². The molecule has 20 heavy (non-hydrogen) atoms. The van der Waals surface area contributed by atoms with Gasteiger partial charge in [-0.3, -0.25) is 0 Å². The van der Waals surface area contributed by atoms with Crippen LogP contribution in [0.4, 0.5) is 0 Å². The van der Waals surface area contributed by atoms with Crippen LogP contribution in [0.15, 0.2) is 18.2 Å². The van der Waals surface area contributed by atoms with Gasteiger partial charge >= 0.3 is 0 Å². The molecule has 1 fully saturated rings. The van der Waals surface area contributed by atoms with Crippen LogP contribution in [-0.2, 0) is 6.54 Å². The van der Waals surface area contributed by atoms with Gasteiger partial charge in [-0.2, -0.15) is 0 Å². The smallest absolute Gasteiger partial charge is 0.124 e. The van der Waals surface area contributed by atoms with Crippen molar-refractivity contribution in [2.24, 2.45) is 0 Å². The van der Waals surface area contributed by atoms with E-state index in [0.29, 0.717) is 0 Å². The van der Waals surface area contributed by atoms with Crippen molar-refractivity contribution in [2.45, 2.75) is 38.3 Å². The predicted molar refractivity (Wildman–Crippen MR) is 84.6 cm³/mol. The van der Waals surface area contributed by atoms with Crippen LogP contribution < -0.4 is 10.1 Å². The van der Waals surface area contributed by atoms with Crippen molar-refractivity contribution in [1.29, 1.82) is 0 Å². The van der Waals surface area contributed by atoms with Crippen LogP contribution in [0.5, 0.6) is 5.75 Å². The molecule has 1 aliphatic rings. The minimum Gasteiger partial charge on any atom is -0.496 e. The lowest BCUT2D eigenvalue weighted by Crippen LogP contribution is -2.38. The summed E-state index contributed by atoms with van der Waals surface area (Å²) >= 11 is 6.23. The molecule has 0 aromatic heterocycles. The quantitative estimate of drug-likeness (QED) is 0.815. The number of rotatable bonds is 6. The van der Waals surface area contributed by atoms with E-state index in [1.54, 1.807) is 7.11 Å². The van der Waals surface area contributed by atoms with Crippen LogP contribution in [0.3, 0.4) is 0 Å². The summed E-state index contributed by atoms with van der Waals surface area (Å²) in [4.78, 5) is 2.49. The second-order valence-corrected chi connectivity index (χ2v) is 5.92. The Morgan fingerprint density at radius 1 is 1.40 bits per heavy atom. The van der Waals surface area contributed by atoms with Gasteiger partial charge in [-0.1, -0.05) is 24.1 Å². The maximum atomic E-state index is 6.23. The van der Waals surface area contributed by atoms with Gasteiger partial charge in [0.15, 0.2) is 0 Å². The van der Waals surface area contributed by atoms with Crippen molar-refractivity contribution in [3.8, 4) is 5.75 Å². The normalized spacial score (nSPS) is 20.1. The SMILES string of the molecule is COc1cccc(Cl)c1CNCCC1CCCCN1C. The number of nitrogens with zero attached hydrogens (tertiary/aromatic N) is 1. The fraction of sp³-hybridized carbons (Fsp3) is 0.625. The van der Waals surface area contributed by atoms with Crippen LogP contribution in [0, 0.1) is 0 Å². The summed E-state index contributed by atoms with van der Waals surface area (Å²) in [5.74, 6) is 0.861. The summed E-state index contributed by atoms with van der Waals surface area (Å²) in [6.45, 7) is 3.02. The van der Waals surface area contributed by atoms with Crippen LogP contribution >= 0.6 is 11.6 Å². The molecular formula is C16H25ClN2O. The number of benzene rings is 1. The highest BCUT2D eigenvalue weighted by molar-refractivity contribution is 6.31. The number of ether oxygens (including phenoxy) is 1. The molecule has 1 aromatic carbocycles. The maximum Gasteiger partial charge on any atom is 0.124 e. The number of likely N-dealkylation sites (tertiary alicyclic amines) is 1. The lowest BCUT2D eigenvalue weighted by molar-refractivity contribution is 0.175. The van der Waals surface area contributed by atoms with Crippen molar-refractivity contribution >= 4 is 11.6 Å². The first-order valence-corrected chi connectivity index (χ1v) is 7.82. The van der Waals surface area contributed by atoms with Crippen LogP contribution in [0.1, 0.15) is 31.2 Å². The average molecular weight is 297 g/mol. The van der Waals surface area contributed by atoms with E-state index in [4.69, 9.17) is 16.3 Å². The van der Waals surface area contributed by atoms with E-state index in [9.17, 15) is 0 Å². The van der Waals surface area contributed by atoms with Crippen molar-refractivity contribution in [1.82, 2.24) is 10.2 Å². The van der Waals surface area contributed by atoms with E-state index in [1.165, 1.54) is 32.2 Å². The standard InChI is InChI=1S/C16H25ClN2O/c1-19-11-4-3-6-13(19)9-10-18-12-14-15(17)7-5-8-16(14)20-2/h5,7-8,13,18H,3-4,6,9-12H2,1-2H3. The largest absolute Gasteiger partial charge is 0.496 e. The highest BCUT2D eigenvalue weighted by Gasteiger charge is 2.18. The van der Waals surface area contributed by atoms with Gasteiger partial charge in [0.2, 0.25) is 0 Å². The van der Waals surface area contributed by atoms with Crippen LogP contribution in [-0.4, -0.2) is 38.2 Å². The number of hydrogen-bond donors (Lipinski definition) is 1. The zero-order valence-corrected chi connectivity index (χ0v) is 13.2. The third-order valence-corrected chi connectivity index (χ3v) is 4.53. The lowest BCUT2D eigenvalue weighted by atomic mass is 10.0. The molecule has 1 N–H and O–H groups in total. The Labute approximate surface area is 127 Å². The zero-order valence-electron chi connectivity index (χ0n) is 12.5. The molecule has 2 rings (SSSR count). The van der Waals surface area contributed by atoms with Gasteiger partial charge in [0.25, 0.3) is 0 Å². The number of hydrogen-bond acceptors (Lipinski definition) is 3. The van der Waals surface area contributed by atoms with E-state index in [-0.39, 0.29) is 0 Å². The number of halogens is 1. The topological polar surface area (TPSA) is 24.5 Å². The Balaban J connectivity index is 1.78. The first-order valence-electron chi connectivity index (χ1n) is 7.44. The van der Waals surface area contributed by atoms with Gasteiger partial charge in [-0.05, 0) is 51.5 Å². The minimum absolute atomic E-state index is 0.726. The molecule has 3 nitrogen and oxygen atoms in total. The Morgan fingerprint density at radius 3 is 3.00 bits per heavy atom. The molecule has 1 aliphatic heterocycles. The molecule has 0 radical (unpaired) electrons. The zero-order chi connectivity index (χ0) is 14.4. The Bertz CT molecular complexity index is 425. The van der Waals surface area contributed by atoms with Crippen LogP contribution in [0.25, 0.3) is 0 Å². The predicted octanol–water partition coefficient (Wildman–Crippen LogP) is 3.31. The summed E-state index contributed by atoms with van der Waals surface area (Å²) in [5.41, 5.74) is 1.05. The number of nitrogens with one attached hydrogen (secondary N) is 1. The van der Waals surface area contributed by atoms with E-state index in [1.807, 2.05) is 18.2 Å². The Kier molecular flexibility index (Phi) is 6.14. The molecule has 1 aromatic rings. The fourth-order valence-corrected chi connectivity index (χ4v) is 3.13. The van der Waals surface area contributed by atoms with E-state index >= 15 is 0 Å². The number of piperidine rings is 1. The second kappa shape index (κ2) is 7.87. The maximum absolute atomic E-state index is 6.23. The highest BCUT2D eigenvalue weighted by Crippen LogP contribution is 2.26. The van der Waals surface area contributed by atoms with Gasteiger partial charge in [-0.15, -0.1) is 0 Å². The molecule has 1 heterocycles. The summed E-state index contributed by atoms with van der Waals surface area (Å²) in [7, 11) is 3.92. The summed E-state index contributed by atoms with van der Waals surface area (Å²) in [5, 5.41) is 4.26. The molecule has 0 spiro atoms. The molecule has 0 amide bonds. The van der Waals surface area contributed by atoms with E-state index < -0.39 is 0 Å². The molecule has 0 bridgehead atoms. The molecule has 0 aliphatic carbocycles. The summed E-state index contributed by atoms with van der Waals surface area (Å²) in [6, 6.07) is 6.51. The molecule has 4 heteroatoms. The lowest BCUT2D eigenvalue weighted by Gasteiger charge is -2.32. The van der Waals surface area contributed by atoms with Crippen molar-refractivity contribution < 1.29 is 4.74 Å². The van der Waals surface area contributed by atoms with Gasteiger partial charge < -0.3 is 15.0 Å².